The van der Waals surface area contributed by atoms with Gasteiger partial charge in [-0.15, -0.1) is 0 Å². The van der Waals surface area contributed by atoms with E-state index in [4.69, 9.17) is 11.6 Å². The van der Waals surface area contributed by atoms with Crippen LogP contribution in [0.1, 0.15) is 6.42 Å². The van der Waals surface area contributed by atoms with Gasteiger partial charge in [0, 0.05) is 34.5 Å². The van der Waals surface area contributed by atoms with E-state index in [2.05, 4.69) is 10.3 Å². The maximum absolute atomic E-state index is 11.1. The smallest absolute Gasteiger partial charge is 0.126 e. The van der Waals surface area contributed by atoms with Crippen molar-refractivity contribution in [2.45, 2.75) is 12.5 Å². The summed E-state index contributed by atoms with van der Waals surface area (Å²) in [5.74, 6) is 2.33. The van der Waals surface area contributed by atoms with Gasteiger partial charge in [-0.3, -0.25) is 4.21 Å². The standard InChI is InChI=1S/C9H11ClN2OS/c10-7-1-2-9(11-5-7)12-8-3-4-14(13)6-8/h1-2,5,8H,3-4,6H2,(H,11,12). The van der Waals surface area contributed by atoms with Crippen LogP contribution in [-0.4, -0.2) is 26.7 Å². The van der Waals surface area contributed by atoms with Gasteiger partial charge < -0.3 is 5.32 Å². The van der Waals surface area contributed by atoms with E-state index in [1.807, 2.05) is 6.07 Å². The molecule has 0 aliphatic carbocycles. The SMILES string of the molecule is O=S1CCC(Nc2ccc(Cl)cn2)C1. The lowest BCUT2D eigenvalue weighted by Crippen LogP contribution is -2.19. The second-order valence-corrected chi connectivity index (χ2v) is 5.36. The largest absolute Gasteiger partial charge is 0.366 e. The molecule has 1 aliphatic rings. The topological polar surface area (TPSA) is 42.0 Å². The minimum absolute atomic E-state index is 0.296. The average Bonchev–Trinajstić information content (AvgIpc) is 2.56. The van der Waals surface area contributed by atoms with Crippen LogP contribution < -0.4 is 5.32 Å². The monoisotopic (exact) mass is 230 g/mol. The molecule has 0 amide bonds. The van der Waals surface area contributed by atoms with Crippen LogP contribution in [0.15, 0.2) is 18.3 Å². The Balaban J connectivity index is 1.97. The second kappa shape index (κ2) is 4.28. The molecule has 2 unspecified atom stereocenters. The predicted octanol–water partition coefficient (Wildman–Crippen LogP) is 1.67. The summed E-state index contributed by atoms with van der Waals surface area (Å²) >= 11 is 5.71. The molecule has 1 aliphatic heterocycles. The Hall–Kier alpha value is -0.610. The van der Waals surface area contributed by atoms with E-state index in [9.17, 15) is 4.21 Å². The lowest BCUT2D eigenvalue weighted by atomic mass is 10.2. The van der Waals surface area contributed by atoms with Crippen molar-refractivity contribution < 1.29 is 4.21 Å². The summed E-state index contributed by atoms with van der Waals surface area (Å²) in [6.45, 7) is 0. The van der Waals surface area contributed by atoms with Crippen molar-refractivity contribution in [3.05, 3.63) is 23.4 Å². The van der Waals surface area contributed by atoms with E-state index in [1.165, 1.54) is 0 Å². The van der Waals surface area contributed by atoms with Gasteiger partial charge in [0.05, 0.1) is 5.02 Å². The Morgan fingerprint density at radius 2 is 2.43 bits per heavy atom. The fraction of sp³-hybridized carbons (Fsp3) is 0.444. The lowest BCUT2D eigenvalue weighted by molar-refractivity contribution is 0.686. The zero-order valence-corrected chi connectivity index (χ0v) is 9.14. The molecular weight excluding hydrogens is 220 g/mol. The van der Waals surface area contributed by atoms with Gasteiger partial charge in [-0.2, -0.15) is 0 Å². The summed E-state index contributed by atoms with van der Waals surface area (Å²) in [5, 5.41) is 3.87. The Kier molecular flexibility index (Phi) is 3.03. The third-order valence-corrected chi connectivity index (χ3v) is 3.85. The maximum atomic E-state index is 11.1. The molecule has 1 aromatic heterocycles. The molecule has 2 rings (SSSR count). The van der Waals surface area contributed by atoms with E-state index in [-0.39, 0.29) is 0 Å². The molecule has 1 N–H and O–H groups in total. The second-order valence-electron chi connectivity index (χ2n) is 3.30. The highest BCUT2D eigenvalue weighted by Gasteiger charge is 2.20. The Morgan fingerprint density at radius 3 is 3.00 bits per heavy atom. The summed E-state index contributed by atoms with van der Waals surface area (Å²) in [6, 6.07) is 3.93. The molecule has 0 saturated carbocycles. The van der Waals surface area contributed by atoms with E-state index in [1.54, 1.807) is 12.3 Å². The zero-order chi connectivity index (χ0) is 9.97. The minimum atomic E-state index is -0.647. The van der Waals surface area contributed by atoms with Crippen LogP contribution in [-0.2, 0) is 10.8 Å². The van der Waals surface area contributed by atoms with E-state index >= 15 is 0 Å². The van der Waals surface area contributed by atoms with Crippen LogP contribution in [0.2, 0.25) is 5.02 Å². The predicted molar refractivity (Wildman–Crippen MR) is 59.2 cm³/mol. The van der Waals surface area contributed by atoms with Crippen LogP contribution >= 0.6 is 11.6 Å². The lowest BCUT2D eigenvalue weighted by Gasteiger charge is -2.10. The number of anilines is 1. The van der Waals surface area contributed by atoms with Crippen molar-refractivity contribution in [2.75, 3.05) is 16.8 Å². The Labute approximate surface area is 90.3 Å². The van der Waals surface area contributed by atoms with Gasteiger partial charge in [0.15, 0.2) is 0 Å². The van der Waals surface area contributed by atoms with E-state index in [0.717, 1.165) is 23.7 Å². The molecule has 1 fully saturated rings. The molecule has 1 saturated heterocycles. The number of nitrogens with one attached hydrogen (secondary N) is 1. The van der Waals surface area contributed by atoms with Crippen molar-refractivity contribution in [3.8, 4) is 0 Å². The van der Waals surface area contributed by atoms with Crippen LogP contribution in [0.25, 0.3) is 0 Å². The Morgan fingerprint density at radius 1 is 1.57 bits per heavy atom. The van der Waals surface area contributed by atoms with Crippen LogP contribution in [0.4, 0.5) is 5.82 Å². The molecular formula is C9H11ClN2OS. The van der Waals surface area contributed by atoms with Crippen molar-refractivity contribution in [3.63, 3.8) is 0 Å². The number of aromatic nitrogens is 1. The molecule has 3 nitrogen and oxygen atoms in total. The quantitative estimate of drug-likeness (QED) is 0.841. The highest BCUT2D eigenvalue weighted by Crippen LogP contribution is 2.15. The number of rotatable bonds is 2. The first kappa shape index (κ1) is 9.93. The normalized spacial score (nSPS) is 26.4. The third-order valence-electron chi connectivity index (χ3n) is 2.16. The molecule has 1 aromatic rings. The minimum Gasteiger partial charge on any atom is -0.366 e. The van der Waals surface area contributed by atoms with Crippen molar-refractivity contribution in [1.29, 1.82) is 0 Å². The van der Waals surface area contributed by atoms with Gasteiger partial charge in [-0.05, 0) is 18.6 Å². The van der Waals surface area contributed by atoms with Crippen LogP contribution in [0.5, 0.6) is 0 Å². The number of pyridine rings is 1. The summed E-state index contributed by atoms with van der Waals surface area (Å²) < 4.78 is 11.1. The number of nitrogens with zero attached hydrogens (tertiary/aromatic N) is 1. The summed E-state index contributed by atoms with van der Waals surface area (Å²) in [4.78, 5) is 4.12. The zero-order valence-electron chi connectivity index (χ0n) is 7.57. The number of halogens is 1. The molecule has 2 heterocycles. The fourth-order valence-corrected chi connectivity index (χ4v) is 2.97. The maximum Gasteiger partial charge on any atom is 0.126 e. The number of hydrogen-bond donors (Lipinski definition) is 1. The van der Waals surface area contributed by atoms with E-state index < -0.39 is 10.8 Å². The highest BCUT2D eigenvalue weighted by molar-refractivity contribution is 7.85. The van der Waals surface area contributed by atoms with Gasteiger partial charge >= 0.3 is 0 Å². The fourth-order valence-electron chi connectivity index (χ4n) is 1.45. The molecule has 14 heavy (non-hydrogen) atoms. The first-order valence-corrected chi connectivity index (χ1v) is 6.34. The van der Waals surface area contributed by atoms with Gasteiger partial charge in [0.2, 0.25) is 0 Å². The first-order chi connectivity index (χ1) is 6.74. The molecule has 76 valence electrons. The van der Waals surface area contributed by atoms with Gasteiger partial charge in [0.25, 0.3) is 0 Å². The van der Waals surface area contributed by atoms with Crippen molar-refractivity contribution in [2.24, 2.45) is 0 Å². The van der Waals surface area contributed by atoms with Gasteiger partial charge in [-0.25, -0.2) is 4.98 Å². The molecule has 0 radical (unpaired) electrons. The van der Waals surface area contributed by atoms with Crippen LogP contribution in [0.3, 0.4) is 0 Å². The molecule has 0 spiro atoms. The van der Waals surface area contributed by atoms with E-state index in [0.29, 0.717) is 11.1 Å². The molecule has 2 atom stereocenters. The van der Waals surface area contributed by atoms with Crippen molar-refractivity contribution in [1.82, 2.24) is 4.98 Å². The first-order valence-electron chi connectivity index (χ1n) is 4.47. The molecule has 0 bridgehead atoms. The summed E-state index contributed by atoms with van der Waals surface area (Å²) in [6.07, 6.45) is 2.56. The highest BCUT2D eigenvalue weighted by atomic mass is 35.5. The van der Waals surface area contributed by atoms with Crippen LogP contribution in [0, 0.1) is 0 Å². The summed E-state index contributed by atoms with van der Waals surface area (Å²) in [5.41, 5.74) is 0. The third kappa shape index (κ3) is 2.45. The van der Waals surface area contributed by atoms with Gasteiger partial charge in [0.1, 0.15) is 5.82 Å². The summed E-state index contributed by atoms with van der Waals surface area (Å²) in [7, 11) is -0.647. The average molecular weight is 231 g/mol. The molecule has 0 aromatic carbocycles. The van der Waals surface area contributed by atoms with Crippen molar-refractivity contribution >= 4 is 28.2 Å². The number of hydrogen-bond acceptors (Lipinski definition) is 3. The Bertz CT molecular complexity index is 341. The molecule has 5 heteroatoms. The van der Waals surface area contributed by atoms with Gasteiger partial charge in [-0.1, -0.05) is 11.6 Å².